The van der Waals surface area contributed by atoms with Crippen LogP contribution in [-0.4, -0.2) is 213 Å². The van der Waals surface area contributed by atoms with Crippen LogP contribution in [0.2, 0.25) is 0 Å². The second kappa shape index (κ2) is 56.9. The monoisotopic (exact) mass is 1630 g/mol. The van der Waals surface area contributed by atoms with Crippen molar-refractivity contribution in [3.05, 3.63) is 22.1 Å². The molecule has 2 heterocycles. The fourth-order valence-corrected chi connectivity index (χ4v) is 9.19. The molecule has 0 unspecified atom stereocenters. The number of nitrogens with two attached hydrogens (primary N) is 3. The molecule has 41 heteroatoms. The molecule has 1 aliphatic heterocycles. The van der Waals surface area contributed by atoms with Gasteiger partial charge in [0, 0.05) is 103 Å². The zero-order valence-electron chi connectivity index (χ0n) is 66.7. The average Bonchev–Trinajstić information content (AvgIpc) is 1.75. The van der Waals surface area contributed by atoms with Gasteiger partial charge in [-0.05, 0) is 122 Å². The first-order valence-corrected chi connectivity index (χ1v) is 37.7. The Morgan fingerprint density at radius 1 is 0.495 bits per heavy atom. The Hall–Kier alpha value is -9.22. The minimum Gasteiger partial charge on any atom is -0.481 e. The summed E-state index contributed by atoms with van der Waals surface area (Å²) in [6.07, 6.45) is 1.87. The molecular formula is C70H119N11O28S2. The Morgan fingerprint density at radius 3 is 1.32 bits per heavy atom. The molecule has 0 radical (unpaired) electrons. The van der Waals surface area contributed by atoms with Crippen LogP contribution in [-0.2, 0) is 107 Å². The van der Waals surface area contributed by atoms with Gasteiger partial charge in [0.25, 0.3) is 11.8 Å². The Bertz CT molecular complexity index is 3210. The lowest BCUT2D eigenvalue weighted by Crippen LogP contribution is -2.48. The Balaban J connectivity index is -0.00000143. The minimum atomic E-state index is -1.37. The lowest BCUT2D eigenvalue weighted by atomic mass is 10.1. The van der Waals surface area contributed by atoms with Crippen LogP contribution < -0.4 is 60.2 Å². The highest BCUT2D eigenvalue weighted by molar-refractivity contribution is 8.13. The summed E-state index contributed by atoms with van der Waals surface area (Å²) < 4.78 is 34.4. The standard InChI is InChI=1S/C25H33N3O12S.C15H29N3O5.C14H25N3O5S.C9H16O4.C7H16N2O2/c1-15-18(39-25(36)38-15)14-37-22(33)8-6-11-26-24(35)17(13-23(34)40-28-20(31)9-10-21(28)32)27-19(30)7-4-3-5-12-41-16(2)29;1-14(2,3)22-11(19)9-10(16)12(20)17-7-8-18-13(21)23-15(4,5)6;1-10(18)23-8-4-2-3-5-12(19)17-11(9-13(20)21)14(22)16-7-6-15;1-6(8(11)12)5-7(10)13-9(2,3)4;1-7(2,3)11-6(10)9-5-4-8/h17H,3-14H2,1-2H3,(H,26,35)(H,27,30);10H,7-9,16H2,1-6H3,(H,17,20)(H,18,21);11H,2-9,15H2,1H3,(H,16,22)(H,17,19)(H,20,21);6H,5H2,1-4H3,(H,11,12);4-5,8H2,1-3H3,(H,9,10)/t17-;10-;11-;6-;/m0000./s1. The van der Waals surface area contributed by atoms with E-state index in [1.54, 1.807) is 62.3 Å². The number of aliphatic carboxylic acids is 2. The van der Waals surface area contributed by atoms with Crippen molar-refractivity contribution in [1.29, 1.82) is 0 Å². The number of hydroxylamine groups is 2. The van der Waals surface area contributed by atoms with Crippen LogP contribution in [0.15, 0.2) is 13.6 Å². The second-order valence-corrected chi connectivity index (χ2v) is 30.9. The molecule has 634 valence electrons. The van der Waals surface area contributed by atoms with E-state index in [-0.39, 0.29) is 118 Å². The Morgan fingerprint density at radius 2 is 0.910 bits per heavy atom. The summed E-state index contributed by atoms with van der Waals surface area (Å²) >= 11 is 2.45. The van der Waals surface area contributed by atoms with E-state index in [4.69, 9.17) is 60.4 Å². The zero-order chi connectivity index (χ0) is 85.8. The van der Waals surface area contributed by atoms with Crippen LogP contribution in [0.5, 0.6) is 0 Å². The van der Waals surface area contributed by atoms with Gasteiger partial charge < -0.3 is 102 Å². The van der Waals surface area contributed by atoms with Crippen LogP contribution in [0.25, 0.3) is 0 Å². The van der Waals surface area contributed by atoms with Crippen LogP contribution >= 0.6 is 23.5 Å². The SMILES string of the molecule is CC(=O)SCCCCCC(=O)N[C@@H](CC(=O)O)C(=O)NCCN.CC(=O)SCCCCCC(=O)N[C@@H](CC(=O)ON1C(=O)CCC1=O)C(=O)NCCCC(=O)OCc1oc(=O)oc1C.CC(C)(C)OC(=O)C[C@H](N)C(=O)NCCNC(=O)OC(C)(C)C.CC(C)(C)OC(=O)NCCN.C[C@@H](CC(=O)OC(C)(C)C)C(=O)O. The lowest BCUT2D eigenvalue weighted by Gasteiger charge is -2.21. The van der Waals surface area contributed by atoms with E-state index in [0.29, 0.717) is 43.2 Å². The number of unbranched alkanes of at least 4 members (excludes halogenated alkanes) is 4. The Labute approximate surface area is 655 Å². The van der Waals surface area contributed by atoms with Gasteiger partial charge in [0.1, 0.15) is 34.5 Å². The number of carbonyl (C=O) groups is 17. The molecule has 0 saturated carbocycles. The van der Waals surface area contributed by atoms with E-state index in [9.17, 15) is 86.3 Å². The summed E-state index contributed by atoms with van der Waals surface area (Å²) in [4.78, 5) is 212. The van der Waals surface area contributed by atoms with Crippen LogP contribution in [0.1, 0.15) is 218 Å². The molecule has 0 aromatic carbocycles. The topological polar surface area (TPSA) is 595 Å². The number of rotatable bonds is 40. The number of imide groups is 1. The third-order valence-corrected chi connectivity index (χ3v) is 14.6. The second-order valence-electron chi connectivity index (χ2n) is 28.3. The van der Waals surface area contributed by atoms with Crippen molar-refractivity contribution in [3.63, 3.8) is 0 Å². The number of carboxylic acid groups (broad SMARTS) is 2. The van der Waals surface area contributed by atoms with Gasteiger partial charge in [-0.3, -0.25) is 67.1 Å². The predicted octanol–water partition coefficient (Wildman–Crippen LogP) is 3.26. The van der Waals surface area contributed by atoms with E-state index in [0.717, 1.165) is 25.0 Å². The molecule has 1 aromatic rings. The van der Waals surface area contributed by atoms with Gasteiger partial charge >= 0.3 is 53.8 Å². The van der Waals surface area contributed by atoms with Gasteiger partial charge in [0.05, 0.1) is 37.6 Å². The van der Waals surface area contributed by atoms with Crippen molar-refractivity contribution in [2.45, 2.75) is 261 Å². The lowest BCUT2D eigenvalue weighted by molar-refractivity contribution is -0.197. The molecule has 4 atom stereocenters. The smallest absolute Gasteiger partial charge is 0.481 e. The highest BCUT2D eigenvalue weighted by Gasteiger charge is 2.35. The van der Waals surface area contributed by atoms with Crippen molar-refractivity contribution >= 4 is 123 Å². The van der Waals surface area contributed by atoms with Crippen molar-refractivity contribution in [1.82, 2.24) is 42.3 Å². The maximum absolute atomic E-state index is 12.8. The number of hydrogen-bond donors (Lipinski definition) is 12. The van der Waals surface area contributed by atoms with Gasteiger partial charge in [0.15, 0.2) is 28.4 Å². The number of ether oxygens (including phenoxy) is 5. The summed E-state index contributed by atoms with van der Waals surface area (Å²) in [5.74, 6) is -8.84. The number of aryl methyl sites for hydroxylation is 1. The Kier molecular flexibility index (Phi) is 54.3. The molecule has 1 aliphatic rings. The van der Waals surface area contributed by atoms with Crippen molar-refractivity contribution < 1.29 is 129 Å². The molecule has 0 aliphatic carbocycles. The summed E-state index contributed by atoms with van der Waals surface area (Å²) in [6, 6.07) is -3.46. The fourth-order valence-electron chi connectivity index (χ4n) is 7.92. The van der Waals surface area contributed by atoms with Crippen molar-refractivity contribution in [2.24, 2.45) is 23.1 Å². The number of esters is 3. The van der Waals surface area contributed by atoms with Gasteiger partial charge in [-0.25, -0.2) is 19.2 Å². The quantitative estimate of drug-likeness (QED) is 0.0194. The summed E-state index contributed by atoms with van der Waals surface area (Å²) in [6.45, 7) is 28.5. The van der Waals surface area contributed by atoms with Crippen LogP contribution in [0.3, 0.4) is 0 Å². The number of carbonyl (C=O) groups excluding carboxylic acids is 15. The van der Waals surface area contributed by atoms with Gasteiger partial charge in [0.2, 0.25) is 29.5 Å². The number of amides is 9. The zero-order valence-corrected chi connectivity index (χ0v) is 68.3. The third kappa shape index (κ3) is 63.2. The first-order chi connectivity index (χ1) is 51.3. The van der Waals surface area contributed by atoms with Crippen molar-refractivity contribution in [2.75, 3.05) is 57.3 Å². The maximum Gasteiger partial charge on any atom is 0.519 e. The number of alkyl carbamates (subject to hydrolysis) is 2. The predicted molar refractivity (Wildman–Crippen MR) is 403 cm³/mol. The first kappa shape index (κ1) is 106. The summed E-state index contributed by atoms with van der Waals surface area (Å²) in [7, 11) is 0. The van der Waals surface area contributed by atoms with E-state index in [2.05, 4.69) is 41.6 Å². The van der Waals surface area contributed by atoms with Crippen molar-refractivity contribution in [3.8, 4) is 0 Å². The molecular weight excluding hydrogens is 1510 g/mol. The fraction of sp³-hybridized carbons (Fsp3) is 0.714. The third-order valence-electron chi connectivity index (χ3n) is 12.8. The normalized spacial score (nSPS) is 12.8. The highest BCUT2D eigenvalue weighted by Crippen LogP contribution is 2.17. The number of nitrogens with zero attached hydrogens (tertiary/aromatic N) is 1. The summed E-state index contributed by atoms with van der Waals surface area (Å²) in [5, 5.41) is 35.2. The number of carboxylic acids is 2. The van der Waals surface area contributed by atoms with E-state index >= 15 is 0 Å². The molecule has 1 saturated heterocycles. The molecule has 15 N–H and O–H groups in total. The molecule has 1 fully saturated rings. The number of nitrogens with one attached hydrogen (secondary N) is 7. The molecule has 9 amide bonds. The molecule has 2 rings (SSSR count). The van der Waals surface area contributed by atoms with E-state index in [1.807, 2.05) is 20.8 Å². The molecule has 39 nitrogen and oxygen atoms in total. The highest BCUT2D eigenvalue weighted by atomic mass is 32.2. The van der Waals surface area contributed by atoms with E-state index in [1.165, 1.54) is 51.2 Å². The molecule has 0 spiro atoms. The molecule has 111 heavy (non-hydrogen) atoms. The van der Waals surface area contributed by atoms with Gasteiger partial charge in [-0.1, -0.05) is 43.3 Å². The average molecular weight is 1630 g/mol. The van der Waals surface area contributed by atoms with Crippen LogP contribution in [0, 0.1) is 12.8 Å². The maximum atomic E-state index is 12.8. The van der Waals surface area contributed by atoms with Gasteiger partial charge in [-0.15, -0.1) is 5.06 Å². The molecule has 1 aromatic heterocycles. The first-order valence-electron chi connectivity index (χ1n) is 35.8. The number of hydrogen-bond acceptors (Lipinski definition) is 31. The van der Waals surface area contributed by atoms with Crippen LogP contribution in [0.4, 0.5) is 9.59 Å². The largest absolute Gasteiger partial charge is 0.519 e. The number of thioether (sulfide) groups is 2. The molecule has 0 bridgehead atoms. The van der Waals surface area contributed by atoms with E-state index < -0.39 is 149 Å². The summed E-state index contributed by atoms with van der Waals surface area (Å²) in [5.41, 5.74) is 13.9. The minimum absolute atomic E-state index is 0.00785. The van der Waals surface area contributed by atoms with Gasteiger partial charge in [-0.2, -0.15) is 0 Å².